The molecule has 2 aromatic carbocycles. The number of carboxylic acids is 1. The first-order valence-corrected chi connectivity index (χ1v) is 10.6. The third-order valence-electron chi connectivity index (χ3n) is 4.96. The molecule has 4 aromatic rings. The van der Waals surface area contributed by atoms with Crippen LogP contribution in [0.4, 0.5) is 5.82 Å². The van der Waals surface area contributed by atoms with Gasteiger partial charge in [0.1, 0.15) is 18.2 Å². The predicted octanol–water partition coefficient (Wildman–Crippen LogP) is 4.87. The van der Waals surface area contributed by atoms with E-state index in [4.69, 9.17) is 38.0 Å². The molecule has 0 aliphatic rings. The molecule has 0 saturated heterocycles. The van der Waals surface area contributed by atoms with Gasteiger partial charge in [-0.05, 0) is 29.8 Å². The van der Waals surface area contributed by atoms with Crippen molar-refractivity contribution in [3.8, 4) is 11.4 Å². The Hall–Kier alpha value is -3.29. The zero-order valence-electron chi connectivity index (χ0n) is 17.2. The van der Waals surface area contributed by atoms with Crippen LogP contribution in [0.5, 0.6) is 5.75 Å². The van der Waals surface area contributed by atoms with Crippen molar-refractivity contribution in [2.24, 2.45) is 0 Å². The summed E-state index contributed by atoms with van der Waals surface area (Å²) in [6.45, 7) is 0.930. The maximum absolute atomic E-state index is 10.9. The summed E-state index contributed by atoms with van der Waals surface area (Å²) in [5.74, 6) is 0.447. The first kappa shape index (κ1) is 21.9. The van der Waals surface area contributed by atoms with Crippen molar-refractivity contribution in [1.82, 2.24) is 14.5 Å². The van der Waals surface area contributed by atoms with E-state index in [9.17, 15) is 4.79 Å². The van der Waals surface area contributed by atoms with E-state index in [1.165, 1.54) is 0 Å². The molecule has 164 valence electrons. The number of likely N-dealkylation sites (N-methyl/N-ethyl adjacent to an activating group) is 1. The SMILES string of the molecule is CN(CCOc1cccc(CC(=O)O)c1)c1cc(-n2ccnc2)c2ccc(Cl)c(Cl)c2n1. The molecule has 0 aliphatic heterocycles. The van der Waals surface area contributed by atoms with Crippen LogP contribution in [0.3, 0.4) is 0 Å². The summed E-state index contributed by atoms with van der Waals surface area (Å²) < 4.78 is 7.73. The number of pyridine rings is 1. The lowest BCUT2D eigenvalue weighted by Crippen LogP contribution is -2.25. The summed E-state index contributed by atoms with van der Waals surface area (Å²) in [7, 11) is 1.91. The zero-order chi connectivity index (χ0) is 22.7. The van der Waals surface area contributed by atoms with E-state index in [2.05, 4.69) is 4.98 Å². The largest absolute Gasteiger partial charge is 0.492 e. The van der Waals surface area contributed by atoms with Crippen LogP contribution in [0.1, 0.15) is 5.56 Å². The van der Waals surface area contributed by atoms with Crippen LogP contribution >= 0.6 is 23.2 Å². The summed E-state index contributed by atoms with van der Waals surface area (Å²) in [6, 6.07) is 12.7. The van der Waals surface area contributed by atoms with Gasteiger partial charge in [0.2, 0.25) is 0 Å². The topological polar surface area (TPSA) is 80.5 Å². The fourth-order valence-electron chi connectivity index (χ4n) is 3.35. The minimum absolute atomic E-state index is 0.0432. The molecule has 0 spiro atoms. The smallest absolute Gasteiger partial charge is 0.307 e. The number of carbonyl (C=O) groups is 1. The van der Waals surface area contributed by atoms with Crippen molar-refractivity contribution < 1.29 is 14.6 Å². The van der Waals surface area contributed by atoms with E-state index in [1.807, 2.05) is 34.8 Å². The zero-order valence-corrected chi connectivity index (χ0v) is 18.7. The van der Waals surface area contributed by atoms with Crippen LogP contribution < -0.4 is 9.64 Å². The molecule has 4 rings (SSSR count). The number of aromatic nitrogens is 3. The molecule has 0 aliphatic carbocycles. The van der Waals surface area contributed by atoms with Gasteiger partial charge in [0.25, 0.3) is 0 Å². The average Bonchev–Trinajstić information content (AvgIpc) is 3.30. The van der Waals surface area contributed by atoms with Gasteiger partial charge >= 0.3 is 5.97 Å². The maximum atomic E-state index is 10.9. The number of carboxylic acid groups (broad SMARTS) is 1. The minimum Gasteiger partial charge on any atom is -0.492 e. The number of fused-ring (bicyclic) bond motifs is 1. The maximum Gasteiger partial charge on any atom is 0.307 e. The van der Waals surface area contributed by atoms with Gasteiger partial charge in [-0.1, -0.05) is 35.3 Å². The third-order valence-corrected chi connectivity index (χ3v) is 5.75. The quantitative estimate of drug-likeness (QED) is 0.395. The molecule has 2 heterocycles. The standard InChI is InChI=1S/C23H20Cl2N4O3/c1-28(9-10-32-16-4-2-3-15(11-16)12-21(30)31)20-13-19(29-8-7-26-14-29)17-5-6-18(24)22(25)23(17)27-20/h2-8,11,13-14H,9-10,12H2,1H3,(H,30,31). The number of ether oxygens (including phenoxy) is 1. The summed E-state index contributed by atoms with van der Waals surface area (Å²) in [4.78, 5) is 21.7. The van der Waals surface area contributed by atoms with Crippen LogP contribution in [0, 0.1) is 0 Å². The van der Waals surface area contributed by atoms with E-state index in [0.717, 1.165) is 11.1 Å². The number of hydrogen-bond donors (Lipinski definition) is 1. The van der Waals surface area contributed by atoms with Gasteiger partial charge in [0, 0.05) is 30.9 Å². The van der Waals surface area contributed by atoms with Gasteiger partial charge in [-0.25, -0.2) is 9.97 Å². The van der Waals surface area contributed by atoms with Crippen LogP contribution in [0.2, 0.25) is 10.0 Å². The highest BCUT2D eigenvalue weighted by molar-refractivity contribution is 6.45. The number of halogens is 2. The fraction of sp³-hybridized carbons (Fsp3) is 0.174. The van der Waals surface area contributed by atoms with E-state index < -0.39 is 5.97 Å². The van der Waals surface area contributed by atoms with E-state index >= 15 is 0 Å². The van der Waals surface area contributed by atoms with Crippen molar-refractivity contribution in [2.45, 2.75) is 6.42 Å². The molecule has 0 saturated carbocycles. The molecule has 9 heteroatoms. The van der Waals surface area contributed by atoms with E-state index in [0.29, 0.717) is 45.8 Å². The number of aliphatic carboxylic acids is 1. The Bertz CT molecular complexity index is 1260. The minimum atomic E-state index is -0.878. The van der Waals surface area contributed by atoms with Crippen LogP contribution in [-0.2, 0) is 11.2 Å². The van der Waals surface area contributed by atoms with Gasteiger partial charge in [-0.2, -0.15) is 0 Å². The molecule has 7 nitrogen and oxygen atoms in total. The predicted molar refractivity (Wildman–Crippen MR) is 125 cm³/mol. The van der Waals surface area contributed by atoms with Crippen molar-refractivity contribution >= 4 is 45.9 Å². The van der Waals surface area contributed by atoms with E-state index in [-0.39, 0.29) is 6.42 Å². The highest BCUT2D eigenvalue weighted by Crippen LogP contribution is 2.34. The van der Waals surface area contributed by atoms with E-state index in [1.54, 1.807) is 42.9 Å². The number of nitrogens with zero attached hydrogens (tertiary/aromatic N) is 4. The van der Waals surface area contributed by atoms with Crippen LogP contribution in [-0.4, -0.2) is 45.8 Å². The normalized spacial score (nSPS) is 11.0. The molecule has 2 aromatic heterocycles. The second-order valence-electron chi connectivity index (χ2n) is 7.22. The Labute approximate surface area is 194 Å². The van der Waals surface area contributed by atoms with Crippen LogP contribution in [0.25, 0.3) is 16.6 Å². The Morgan fingerprint density at radius 2 is 2.06 bits per heavy atom. The number of anilines is 1. The van der Waals surface area contributed by atoms with Crippen molar-refractivity contribution in [2.75, 3.05) is 25.1 Å². The van der Waals surface area contributed by atoms with Crippen molar-refractivity contribution in [3.63, 3.8) is 0 Å². The third kappa shape index (κ3) is 4.79. The second-order valence-corrected chi connectivity index (χ2v) is 8.00. The summed E-state index contributed by atoms with van der Waals surface area (Å²) in [6.07, 6.45) is 5.24. The highest BCUT2D eigenvalue weighted by atomic mass is 35.5. The Morgan fingerprint density at radius 1 is 1.22 bits per heavy atom. The Morgan fingerprint density at radius 3 is 2.81 bits per heavy atom. The van der Waals surface area contributed by atoms with Gasteiger partial charge in [-0.15, -0.1) is 0 Å². The molecule has 0 bridgehead atoms. The summed E-state index contributed by atoms with van der Waals surface area (Å²) in [5, 5.41) is 10.7. The summed E-state index contributed by atoms with van der Waals surface area (Å²) in [5.41, 5.74) is 2.18. The molecule has 1 N–H and O–H groups in total. The molecule has 32 heavy (non-hydrogen) atoms. The first-order chi connectivity index (χ1) is 15.4. The molecule has 0 atom stereocenters. The van der Waals surface area contributed by atoms with Gasteiger partial charge in [0.05, 0.1) is 40.5 Å². The molecule has 0 amide bonds. The molecular weight excluding hydrogens is 451 g/mol. The number of hydrogen-bond acceptors (Lipinski definition) is 5. The fourth-order valence-corrected chi connectivity index (χ4v) is 3.71. The van der Waals surface area contributed by atoms with Crippen molar-refractivity contribution in [1.29, 1.82) is 0 Å². The van der Waals surface area contributed by atoms with Gasteiger partial charge in [0.15, 0.2) is 0 Å². The second kappa shape index (κ2) is 9.46. The van der Waals surface area contributed by atoms with Gasteiger partial charge < -0.3 is 19.3 Å². The molecule has 0 fully saturated rings. The average molecular weight is 471 g/mol. The highest BCUT2D eigenvalue weighted by Gasteiger charge is 2.15. The van der Waals surface area contributed by atoms with Gasteiger partial charge in [-0.3, -0.25) is 4.79 Å². The van der Waals surface area contributed by atoms with Crippen LogP contribution in [0.15, 0.2) is 61.2 Å². The lowest BCUT2D eigenvalue weighted by molar-refractivity contribution is -0.136. The molecular formula is C23H20Cl2N4O3. The molecule has 0 radical (unpaired) electrons. The Balaban J connectivity index is 1.55. The number of benzene rings is 2. The number of imidazole rings is 1. The summed E-state index contributed by atoms with van der Waals surface area (Å²) >= 11 is 12.7. The Kier molecular flexibility index (Phi) is 6.48. The molecule has 0 unspecified atom stereocenters. The number of rotatable bonds is 8. The monoisotopic (exact) mass is 470 g/mol. The lowest BCUT2D eigenvalue weighted by atomic mass is 10.1. The van der Waals surface area contributed by atoms with Crippen molar-refractivity contribution in [3.05, 3.63) is 76.8 Å². The first-order valence-electron chi connectivity index (χ1n) is 9.84. The lowest BCUT2D eigenvalue weighted by Gasteiger charge is -2.21.